The van der Waals surface area contributed by atoms with Gasteiger partial charge in [0, 0.05) is 24.0 Å². The maximum absolute atomic E-state index is 12.9. The first-order valence-corrected chi connectivity index (χ1v) is 10.8. The van der Waals surface area contributed by atoms with Crippen LogP contribution in [0.3, 0.4) is 0 Å². The molecule has 3 rings (SSSR count). The zero-order valence-corrected chi connectivity index (χ0v) is 16.2. The lowest BCUT2D eigenvalue weighted by atomic mass is 9.94. The van der Waals surface area contributed by atoms with Gasteiger partial charge in [0.1, 0.15) is 0 Å². The summed E-state index contributed by atoms with van der Waals surface area (Å²) in [4.78, 5) is 27.9. The van der Waals surface area contributed by atoms with E-state index in [0.717, 1.165) is 40.3 Å². The molecule has 0 N–H and O–H groups in total. The van der Waals surface area contributed by atoms with E-state index in [-0.39, 0.29) is 19.0 Å². The number of sulfonamides is 1. The minimum Gasteiger partial charge on any atom is -0.324 e. The lowest BCUT2D eigenvalue weighted by Gasteiger charge is -2.28. The van der Waals surface area contributed by atoms with Gasteiger partial charge in [-0.15, -0.1) is 0 Å². The number of hydrogen-bond donors (Lipinski definition) is 0. The van der Waals surface area contributed by atoms with E-state index in [0.29, 0.717) is 18.1 Å². The van der Waals surface area contributed by atoms with Gasteiger partial charge >= 0.3 is 12.1 Å². The molecule has 1 aromatic rings. The number of rotatable bonds is 2. The van der Waals surface area contributed by atoms with Crippen molar-refractivity contribution in [3.8, 4) is 0 Å². The smallest absolute Gasteiger partial charge is 0.324 e. The van der Waals surface area contributed by atoms with Gasteiger partial charge in [0.25, 0.3) is 0 Å². The monoisotopic (exact) mass is 399 g/mol. The van der Waals surface area contributed by atoms with Crippen LogP contribution in [0.2, 0.25) is 5.02 Å². The molecule has 26 heavy (non-hydrogen) atoms. The maximum Gasteiger partial charge on any atom is 0.341 e. The second-order valence-electron chi connectivity index (χ2n) is 6.74. The summed E-state index contributed by atoms with van der Waals surface area (Å²) in [6, 6.07) is 6.43. The topological polar surface area (TPSA) is 78.0 Å². The highest BCUT2D eigenvalue weighted by Crippen LogP contribution is 2.28. The Labute approximate surface area is 158 Å². The van der Waals surface area contributed by atoms with E-state index in [4.69, 9.17) is 11.6 Å². The number of halogens is 1. The average molecular weight is 400 g/mol. The van der Waals surface area contributed by atoms with Crippen molar-refractivity contribution in [3.05, 3.63) is 34.9 Å². The Kier molecular flexibility index (Phi) is 5.43. The second-order valence-corrected chi connectivity index (χ2v) is 9.09. The molecule has 1 atom stereocenters. The summed E-state index contributed by atoms with van der Waals surface area (Å²) in [6.45, 7) is 1.17. The fourth-order valence-corrected chi connectivity index (χ4v) is 4.42. The number of imide groups is 1. The highest BCUT2D eigenvalue weighted by atomic mass is 35.5. The third kappa shape index (κ3) is 3.96. The van der Waals surface area contributed by atoms with Crippen molar-refractivity contribution < 1.29 is 18.0 Å². The number of hydrogen-bond acceptors (Lipinski definition) is 4. The number of urea groups is 2. The van der Waals surface area contributed by atoms with Gasteiger partial charge in [0.2, 0.25) is 10.0 Å². The number of nitrogens with zero attached hydrogens (tertiary/aromatic N) is 3. The number of benzene rings is 1. The molecule has 0 saturated carbocycles. The Hall–Kier alpha value is -1.80. The molecule has 0 aromatic heterocycles. The largest absolute Gasteiger partial charge is 0.341 e. The average Bonchev–Trinajstić information content (AvgIpc) is 2.82. The van der Waals surface area contributed by atoms with Gasteiger partial charge in [0.05, 0.1) is 19.3 Å². The van der Waals surface area contributed by atoms with Crippen molar-refractivity contribution in [2.45, 2.75) is 25.2 Å². The maximum atomic E-state index is 12.9. The van der Waals surface area contributed by atoms with Crippen molar-refractivity contribution >= 4 is 33.7 Å². The van der Waals surface area contributed by atoms with Crippen LogP contribution in [0.4, 0.5) is 9.59 Å². The predicted molar refractivity (Wildman–Crippen MR) is 98.7 cm³/mol. The molecular weight excluding hydrogens is 378 g/mol. The zero-order chi connectivity index (χ0) is 18.9. The number of carbonyl (C=O) groups is 2. The summed E-state index contributed by atoms with van der Waals surface area (Å²) in [7, 11) is -3.66. The SMILES string of the molecule is CS(=O)(=O)N1CCN(C(=O)N2CCCCC(c3ccc(Cl)cc3)C2)C1=O. The molecule has 0 bridgehead atoms. The third-order valence-corrected chi connectivity index (χ3v) is 6.28. The van der Waals surface area contributed by atoms with Gasteiger partial charge in [-0.2, -0.15) is 0 Å². The van der Waals surface area contributed by atoms with Crippen LogP contribution in [-0.2, 0) is 10.0 Å². The molecule has 4 amide bonds. The van der Waals surface area contributed by atoms with Gasteiger partial charge in [-0.1, -0.05) is 30.2 Å². The molecule has 7 nitrogen and oxygen atoms in total. The van der Waals surface area contributed by atoms with E-state index < -0.39 is 22.1 Å². The lowest BCUT2D eigenvalue weighted by molar-refractivity contribution is 0.161. The highest BCUT2D eigenvalue weighted by molar-refractivity contribution is 7.88. The molecule has 0 spiro atoms. The van der Waals surface area contributed by atoms with Crippen molar-refractivity contribution in [3.63, 3.8) is 0 Å². The van der Waals surface area contributed by atoms with Crippen LogP contribution in [0.1, 0.15) is 30.7 Å². The first-order valence-electron chi connectivity index (χ1n) is 8.61. The van der Waals surface area contributed by atoms with Crippen LogP contribution in [0.25, 0.3) is 0 Å². The van der Waals surface area contributed by atoms with Crippen LogP contribution in [-0.4, -0.2) is 67.0 Å². The van der Waals surface area contributed by atoms with Crippen molar-refractivity contribution in [1.82, 2.24) is 14.1 Å². The molecule has 0 radical (unpaired) electrons. The van der Waals surface area contributed by atoms with E-state index in [1.807, 2.05) is 24.3 Å². The normalized spacial score (nSPS) is 21.8. The molecule has 2 fully saturated rings. The first kappa shape index (κ1) is 19.0. The third-order valence-electron chi connectivity index (χ3n) is 4.89. The van der Waals surface area contributed by atoms with Crippen molar-refractivity contribution in [1.29, 1.82) is 0 Å². The Morgan fingerprint density at radius 1 is 1.12 bits per heavy atom. The van der Waals surface area contributed by atoms with E-state index in [9.17, 15) is 18.0 Å². The fourth-order valence-electron chi connectivity index (χ4n) is 3.50. The summed E-state index contributed by atoms with van der Waals surface area (Å²) in [6.07, 6.45) is 3.77. The highest BCUT2D eigenvalue weighted by Gasteiger charge is 2.40. The molecule has 1 aromatic carbocycles. The number of carbonyl (C=O) groups excluding carboxylic acids is 2. The Morgan fingerprint density at radius 3 is 2.42 bits per heavy atom. The minimum atomic E-state index is -3.66. The summed E-state index contributed by atoms with van der Waals surface area (Å²) < 4.78 is 24.1. The minimum absolute atomic E-state index is 0.0118. The molecule has 2 aliphatic heterocycles. The lowest BCUT2D eigenvalue weighted by Crippen LogP contribution is -2.47. The predicted octanol–water partition coefficient (Wildman–Crippen LogP) is 2.73. The molecule has 0 aliphatic carbocycles. The van der Waals surface area contributed by atoms with Crippen molar-refractivity contribution in [2.24, 2.45) is 0 Å². The van der Waals surface area contributed by atoms with Crippen molar-refractivity contribution in [2.75, 3.05) is 32.4 Å². The molecule has 2 heterocycles. The second kappa shape index (κ2) is 7.44. The van der Waals surface area contributed by atoms with Gasteiger partial charge in [-0.25, -0.2) is 27.2 Å². The standard InChI is InChI=1S/C17H22ClN3O4S/c1-26(24,25)21-11-10-20(17(21)23)16(22)19-9-3-2-4-14(12-19)13-5-7-15(18)8-6-13/h5-8,14H,2-4,9-12H2,1H3. The van der Waals surface area contributed by atoms with Gasteiger partial charge in [0.15, 0.2) is 0 Å². The summed E-state index contributed by atoms with van der Waals surface area (Å²) in [5.41, 5.74) is 1.11. The molecule has 2 aliphatic rings. The van der Waals surface area contributed by atoms with Crippen LogP contribution in [0.5, 0.6) is 0 Å². The van der Waals surface area contributed by atoms with E-state index in [2.05, 4.69) is 0 Å². The van der Waals surface area contributed by atoms with E-state index >= 15 is 0 Å². The Bertz CT molecular complexity index is 797. The Morgan fingerprint density at radius 2 is 1.81 bits per heavy atom. The zero-order valence-electron chi connectivity index (χ0n) is 14.6. The molecule has 9 heteroatoms. The Balaban J connectivity index is 1.74. The van der Waals surface area contributed by atoms with Crippen LogP contribution >= 0.6 is 11.6 Å². The first-order chi connectivity index (χ1) is 12.3. The molecule has 1 unspecified atom stereocenters. The fraction of sp³-hybridized carbons (Fsp3) is 0.529. The molecule has 142 valence electrons. The molecular formula is C17H22ClN3O4S. The van der Waals surface area contributed by atoms with Gasteiger partial charge in [-0.05, 0) is 30.5 Å². The van der Waals surface area contributed by atoms with Crippen LogP contribution in [0.15, 0.2) is 24.3 Å². The van der Waals surface area contributed by atoms with Crippen LogP contribution < -0.4 is 0 Å². The van der Waals surface area contributed by atoms with E-state index in [1.54, 1.807) is 4.90 Å². The van der Waals surface area contributed by atoms with Gasteiger partial charge in [-0.3, -0.25) is 0 Å². The molecule has 2 saturated heterocycles. The van der Waals surface area contributed by atoms with Crippen LogP contribution in [0, 0.1) is 0 Å². The number of likely N-dealkylation sites (tertiary alicyclic amines) is 1. The summed E-state index contributed by atoms with van der Waals surface area (Å²) in [5.74, 6) is 0.169. The summed E-state index contributed by atoms with van der Waals surface area (Å²) in [5, 5.41) is 0.666. The number of amides is 4. The van der Waals surface area contributed by atoms with Gasteiger partial charge < -0.3 is 4.90 Å². The summed E-state index contributed by atoms with van der Waals surface area (Å²) >= 11 is 5.95. The quantitative estimate of drug-likeness (QED) is 0.766. The van der Waals surface area contributed by atoms with E-state index in [1.165, 1.54) is 0 Å².